The molecule has 2 heteroatoms. The van der Waals surface area contributed by atoms with Crippen molar-refractivity contribution in [2.24, 2.45) is 0 Å². The van der Waals surface area contributed by atoms with Crippen LogP contribution in [0.15, 0.2) is 72.8 Å². The van der Waals surface area contributed by atoms with Crippen LogP contribution in [0.25, 0.3) is 32.3 Å². The zero-order valence-corrected chi connectivity index (χ0v) is 22.4. The fourth-order valence-corrected chi connectivity index (χ4v) is 3.86. The molecule has 0 aliphatic rings. The van der Waals surface area contributed by atoms with Gasteiger partial charge >= 0.3 is 30.2 Å². The first-order valence-corrected chi connectivity index (χ1v) is 13.7. The molecular weight excluding hydrogens is 456 g/mol. The number of fused-ring (bicyclic) bond motifs is 5. The van der Waals surface area contributed by atoms with Crippen LogP contribution in [0.4, 0.5) is 0 Å². The quantitative estimate of drug-likeness (QED) is 0.154. The third-order valence-corrected chi connectivity index (χ3v) is 5.68. The van der Waals surface area contributed by atoms with Gasteiger partial charge in [0.25, 0.3) is 0 Å². The SMILES string of the molecule is Cc1[cH-]c(C)c(C)c1C.[CH3-].[CH3-].[Si]=[Zr].c1ccc2c(c1)ccc1[cH-]c3ccccc3c12. The van der Waals surface area contributed by atoms with E-state index in [-0.39, 0.29) is 14.9 Å². The molecule has 0 fully saturated rings. The van der Waals surface area contributed by atoms with Crippen LogP contribution >= 0.6 is 0 Å². The van der Waals surface area contributed by atoms with Gasteiger partial charge in [0.05, 0.1) is 0 Å². The summed E-state index contributed by atoms with van der Waals surface area (Å²) in [7, 11) is 0. The van der Waals surface area contributed by atoms with Crippen LogP contribution in [-0.2, 0) is 23.3 Å². The minimum absolute atomic E-state index is 0. The molecule has 0 aromatic heterocycles. The largest absolute Gasteiger partial charge is 0.126 e. The predicted molar refractivity (Wildman–Crippen MR) is 134 cm³/mol. The van der Waals surface area contributed by atoms with Gasteiger partial charge in [0, 0.05) is 0 Å². The first kappa shape index (κ1) is 26.3. The van der Waals surface area contributed by atoms with Crippen LogP contribution in [0.5, 0.6) is 0 Å². The first-order valence-electron chi connectivity index (χ1n) is 9.47. The smallest absolute Gasteiger partial charge is 0.0333 e. The molecule has 0 saturated carbocycles. The van der Waals surface area contributed by atoms with E-state index in [9.17, 15) is 0 Å². The monoisotopic (exact) mass is 484 g/mol. The molecule has 5 rings (SSSR count). The van der Waals surface area contributed by atoms with Crippen molar-refractivity contribution in [3.8, 4) is 0 Å². The van der Waals surface area contributed by atoms with Gasteiger partial charge in [-0.2, -0.15) is 28.3 Å². The summed E-state index contributed by atoms with van der Waals surface area (Å²) in [6, 6.07) is 26.2. The molecule has 0 amide bonds. The molecule has 0 aliphatic carbocycles. The summed E-state index contributed by atoms with van der Waals surface area (Å²) in [5.41, 5.74) is 5.75. The predicted octanol–water partition coefficient (Wildman–Crippen LogP) is 8.02. The number of benzene rings is 3. The van der Waals surface area contributed by atoms with Gasteiger partial charge < -0.3 is 14.9 Å². The van der Waals surface area contributed by atoms with Crippen molar-refractivity contribution in [3.05, 3.63) is 110 Å². The van der Waals surface area contributed by atoms with Gasteiger partial charge in [-0.15, -0.1) is 39.7 Å². The summed E-state index contributed by atoms with van der Waals surface area (Å²) in [6.45, 7) is 11.7. The standard InChI is InChI=1S/C17H11.C9H13.2CH3.Si.Zr/c1-3-7-15-12(5-1)9-10-14-11-13-6-2-4-8-16(13)17(14)15;1-6-5-7(2)9(4)8(6)3;;;;/h1-11H;5H,1-4H3;2*1H3;;/q4*-1;;. The van der Waals surface area contributed by atoms with Gasteiger partial charge in [0.2, 0.25) is 0 Å². The Balaban J connectivity index is 0.000000300. The molecule has 0 nitrogen and oxygen atoms in total. The number of hydrogen-bond donors (Lipinski definition) is 0. The van der Waals surface area contributed by atoms with Gasteiger partial charge in [0.15, 0.2) is 0 Å². The summed E-state index contributed by atoms with van der Waals surface area (Å²) in [5, 5.41) is 8.09. The van der Waals surface area contributed by atoms with Crippen LogP contribution < -0.4 is 0 Å². The molecule has 0 saturated heterocycles. The molecule has 0 bridgehead atoms. The van der Waals surface area contributed by atoms with Gasteiger partial charge in [-0.25, -0.2) is 0 Å². The Labute approximate surface area is 199 Å². The molecule has 0 atom stereocenters. The van der Waals surface area contributed by atoms with Crippen LogP contribution in [0.2, 0.25) is 0 Å². The maximum atomic E-state index is 3.06. The van der Waals surface area contributed by atoms with E-state index in [1.807, 2.05) is 0 Å². The van der Waals surface area contributed by atoms with Crippen molar-refractivity contribution < 1.29 is 23.3 Å². The van der Waals surface area contributed by atoms with Crippen molar-refractivity contribution in [2.45, 2.75) is 27.7 Å². The molecule has 0 N–H and O–H groups in total. The van der Waals surface area contributed by atoms with Crippen molar-refractivity contribution in [1.29, 1.82) is 0 Å². The van der Waals surface area contributed by atoms with Gasteiger partial charge in [-0.05, 0) is 5.39 Å². The second-order valence-corrected chi connectivity index (χ2v) is 7.24. The second kappa shape index (κ2) is 11.6. The van der Waals surface area contributed by atoms with Crippen LogP contribution in [0, 0.1) is 42.5 Å². The van der Waals surface area contributed by atoms with Crippen molar-refractivity contribution >= 4 is 39.2 Å². The molecule has 5 aromatic carbocycles. The Kier molecular flexibility index (Phi) is 10.1. The van der Waals surface area contributed by atoms with Crippen molar-refractivity contribution in [1.82, 2.24) is 0 Å². The van der Waals surface area contributed by atoms with E-state index in [1.165, 1.54) is 77.9 Å². The Bertz CT molecular complexity index is 1210. The minimum atomic E-state index is 0. The van der Waals surface area contributed by atoms with Crippen molar-refractivity contribution in [3.63, 3.8) is 0 Å². The molecule has 5 aromatic rings. The van der Waals surface area contributed by atoms with E-state index in [1.54, 1.807) is 0 Å². The Morgan fingerprint density at radius 3 is 1.70 bits per heavy atom. The molecule has 0 heterocycles. The number of rotatable bonds is 0. The molecule has 154 valence electrons. The zero-order valence-electron chi connectivity index (χ0n) is 18.9. The fraction of sp³-hybridized carbons (Fsp3) is 0.143. The van der Waals surface area contributed by atoms with E-state index in [0.29, 0.717) is 0 Å². The zero-order chi connectivity index (χ0) is 20.3. The number of aryl methyl sites for hydroxylation is 2. The first-order chi connectivity index (χ1) is 13.6. The summed E-state index contributed by atoms with van der Waals surface area (Å²) < 4.78 is 0. The maximum Gasteiger partial charge on any atom is -0.0333 e. The van der Waals surface area contributed by atoms with Crippen LogP contribution in [0.3, 0.4) is 0 Å². The number of hydrogen-bond acceptors (Lipinski definition) is 0. The Morgan fingerprint density at radius 1 is 0.600 bits per heavy atom. The Hall–Kier alpha value is -1.76. The third-order valence-electron chi connectivity index (χ3n) is 5.68. The summed E-state index contributed by atoms with van der Waals surface area (Å²) in [5.74, 6) is 0. The van der Waals surface area contributed by atoms with Gasteiger partial charge in [-0.1, -0.05) is 81.6 Å². The van der Waals surface area contributed by atoms with Gasteiger partial charge in [0.1, 0.15) is 0 Å². The summed E-state index contributed by atoms with van der Waals surface area (Å²) >= 11 is 1.36. The van der Waals surface area contributed by atoms with Crippen molar-refractivity contribution in [2.75, 3.05) is 0 Å². The van der Waals surface area contributed by atoms with Gasteiger partial charge in [-0.3, -0.25) is 0 Å². The third kappa shape index (κ3) is 5.10. The molecule has 0 unspecified atom stereocenters. The minimum Gasteiger partial charge on any atom is -0.126 e. The summed E-state index contributed by atoms with van der Waals surface area (Å²) in [4.78, 5) is 0. The van der Waals surface area contributed by atoms with E-state index < -0.39 is 0 Å². The van der Waals surface area contributed by atoms with E-state index in [2.05, 4.69) is 107 Å². The molecular formula is C28H30SiZr-4. The van der Waals surface area contributed by atoms with Crippen LogP contribution in [0.1, 0.15) is 22.3 Å². The van der Waals surface area contributed by atoms with E-state index in [4.69, 9.17) is 0 Å². The average molecular weight is 486 g/mol. The van der Waals surface area contributed by atoms with Crippen LogP contribution in [-0.4, -0.2) is 6.88 Å². The Morgan fingerprint density at radius 2 is 1.13 bits per heavy atom. The summed E-state index contributed by atoms with van der Waals surface area (Å²) in [6.07, 6.45) is 0. The normalized spacial score (nSPS) is 9.70. The maximum absolute atomic E-state index is 3.06. The molecule has 0 spiro atoms. The average Bonchev–Trinajstić information content (AvgIpc) is 3.23. The van der Waals surface area contributed by atoms with E-state index >= 15 is 0 Å². The van der Waals surface area contributed by atoms with E-state index in [0.717, 1.165) is 0 Å². The topological polar surface area (TPSA) is 0 Å². The fourth-order valence-electron chi connectivity index (χ4n) is 3.86. The molecule has 30 heavy (non-hydrogen) atoms. The molecule has 2 radical (unpaired) electrons. The molecule has 0 aliphatic heterocycles. The second-order valence-electron chi connectivity index (χ2n) is 7.24.